The van der Waals surface area contributed by atoms with Crippen LogP contribution in [0.5, 0.6) is 0 Å². The summed E-state index contributed by atoms with van der Waals surface area (Å²) < 4.78 is 0. The lowest BCUT2D eigenvalue weighted by molar-refractivity contribution is 0.468. The van der Waals surface area contributed by atoms with Crippen molar-refractivity contribution in [3.05, 3.63) is 82.3 Å². The van der Waals surface area contributed by atoms with Crippen LogP contribution in [0.4, 0.5) is 0 Å². The minimum atomic E-state index is 0.209. The van der Waals surface area contributed by atoms with Gasteiger partial charge in [-0.1, -0.05) is 74.5 Å². The van der Waals surface area contributed by atoms with Crippen LogP contribution in [0.2, 0.25) is 0 Å². The first-order chi connectivity index (χ1) is 16.5. The molecule has 0 fully saturated rings. The third kappa shape index (κ3) is 6.09. The molecule has 0 aliphatic heterocycles. The van der Waals surface area contributed by atoms with Gasteiger partial charge in [-0.3, -0.25) is 0 Å². The van der Waals surface area contributed by atoms with E-state index in [-0.39, 0.29) is 6.04 Å². The van der Waals surface area contributed by atoms with Gasteiger partial charge in [-0.25, -0.2) is 4.98 Å². The molecule has 2 heterocycles. The summed E-state index contributed by atoms with van der Waals surface area (Å²) in [5.41, 5.74) is 6.48. The van der Waals surface area contributed by atoms with E-state index in [1.54, 1.807) is 11.3 Å². The van der Waals surface area contributed by atoms with Crippen LogP contribution in [-0.4, -0.2) is 20.0 Å². The lowest BCUT2D eigenvalue weighted by Gasteiger charge is -2.03. The fraction of sp³-hybridized carbons (Fsp3) is 0.345. The Bertz CT molecular complexity index is 1220. The minimum Gasteiger partial charge on any atom is -0.246 e. The van der Waals surface area contributed by atoms with Gasteiger partial charge in [0.2, 0.25) is 0 Å². The highest BCUT2D eigenvalue weighted by Gasteiger charge is 2.16. The molecular weight excluding hydrogens is 436 g/mol. The van der Waals surface area contributed by atoms with Crippen molar-refractivity contribution in [2.75, 3.05) is 0 Å². The number of thiazole rings is 1. The molecule has 0 amide bonds. The lowest BCUT2D eigenvalue weighted by atomic mass is 10.0. The van der Waals surface area contributed by atoms with Crippen LogP contribution in [0.25, 0.3) is 28.6 Å². The average Bonchev–Trinajstić information content (AvgIpc) is 3.50. The van der Waals surface area contributed by atoms with E-state index in [0.717, 1.165) is 35.4 Å². The molecule has 0 atom stereocenters. The molecule has 0 saturated carbocycles. The third-order valence-corrected chi connectivity index (χ3v) is 6.92. The summed E-state index contributed by atoms with van der Waals surface area (Å²) >= 11 is 1.79. The topological polar surface area (TPSA) is 43.6 Å². The van der Waals surface area contributed by atoms with Gasteiger partial charge in [0.25, 0.3) is 0 Å². The van der Waals surface area contributed by atoms with Crippen molar-refractivity contribution in [3.8, 4) is 22.5 Å². The van der Waals surface area contributed by atoms with Crippen LogP contribution in [0.3, 0.4) is 0 Å². The molecular formula is C29H34N4S. The second-order valence-electron chi connectivity index (χ2n) is 9.28. The van der Waals surface area contributed by atoms with Crippen molar-refractivity contribution in [2.24, 2.45) is 0 Å². The number of benzene rings is 2. The van der Waals surface area contributed by atoms with Crippen molar-refractivity contribution in [1.82, 2.24) is 20.0 Å². The highest BCUT2D eigenvalue weighted by atomic mass is 32.1. The highest BCUT2D eigenvalue weighted by Crippen LogP contribution is 2.30. The van der Waals surface area contributed by atoms with Crippen LogP contribution >= 0.6 is 11.3 Å². The molecule has 0 spiro atoms. The first-order valence-electron chi connectivity index (χ1n) is 12.2. The minimum absolute atomic E-state index is 0.209. The van der Waals surface area contributed by atoms with Crippen molar-refractivity contribution >= 4 is 17.4 Å². The van der Waals surface area contributed by atoms with E-state index < -0.39 is 0 Å². The predicted octanol–water partition coefficient (Wildman–Crippen LogP) is 8.20. The molecule has 2 aromatic carbocycles. The number of aryl methyl sites for hydroxylation is 1. The fourth-order valence-corrected chi connectivity index (χ4v) is 4.69. The van der Waals surface area contributed by atoms with E-state index >= 15 is 0 Å². The Balaban J connectivity index is 1.40. The van der Waals surface area contributed by atoms with Crippen molar-refractivity contribution < 1.29 is 0 Å². The summed E-state index contributed by atoms with van der Waals surface area (Å²) in [5.74, 6) is 0.524. The van der Waals surface area contributed by atoms with E-state index in [9.17, 15) is 0 Å². The van der Waals surface area contributed by atoms with E-state index in [4.69, 9.17) is 15.2 Å². The molecule has 0 radical (unpaired) electrons. The molecule has 4 aromatic rings. The van der Waals surface area contributed by atoms with Crippen LogP contribution in [0, 0.1) is 0 Å². The average molecular weight is 471 g/mol. The van der Waals surface area contributed by atoms with Crippen LogP contribution in [0.1, 0.15) is 75.2 Å². The monoisotopic (exact) mass is 470 g/mol. The maximum atomic E-state index is 4.84. The maximum Gasteiger partial charge on any atom is 0.121 e. The Labute approximate surface area is 207 Å². The van der Waals surface area contributed by atoms with Crippen LogP contribution in [0.15, 0.2) is 66.1 Å². The third-order valence-electron chi connectivity index (χ3n) is 5.73. The van der Waals surface area contributed by atoms with Crippen LogP contribution < -0.4 is 0 Å². The summed E-state index contributed by atoms with van der Waals surface area (Å²) in [4.78, 5) is 6.55. The largest absolute Gasteiger partial charge is 0.246 e. The van der Waals surface area contributed by atoms with Gasteiger partial charge in [0.05, 0.1) is 16.7 Å². The summed E-state index contributed by atoms with van der Waals surface area (Å²) in [7, 11) is 0. The molecule has 4 rings (SSSR count). The summed E-state index contributed by atoms with van der Waals surface area (Å²) in [6.45, 7) is 8.62. The Hall–Kier alpha value is -3.05. The zero-order valence-electron chi connectivity index (χ0n) is 20.6. The number of hydrogen-bond acceptors (Lipinski definition) is 4. The Morgan fingerprint density at radius 2 is 1.62 bits per heavy atom. The van der Waals surface area contributed by atoms with Gasteiger partial charge >= 0.3 is 0 Å². The molecule has 5 heteroatoms. The maximum absolute atomic E-state index is 4.84. The number of rotatable bonds is 10. The first kappa shape index (κ1) is 24.1. The Kier molecular flexibility index (Phi) is 8.07. The smallest absolute Gasteiger partial charge is 0.121 e. The van der Waals surface area contributed by atoms with Crippen molar-refractivity contribution in [2.45, 2.75) is 65.3 Å². The molecule has 2 aromatic heterocycles. The van der Waals surface area contributed by atoms with Crippen molar-refractivity contribution in [1.29, 1.82) is 0 Å². The molecule has 0 saturated heterocycles. The SMILES string of the molecule is CC(C)c1nc(CCCCC=Cc2cccc(-c3nn(C(C)C)nc3-c3ccccc3)c2)cs1. The van der Waals surface area contributed by atoms with Gasteiger partial charge in [0.15, 0.2) is 0 Å². The molecule has 0 N–H and O–H groups in total. The molecule has 176 valence electrons. The Morgan fingerprint density at radius 3 is 2.32 bits per heavy atom. The molecule has 0 aliphatic carbocycles. The first-order valence-corrected chi connectivity index (χ1v) is 13.1. The quantitative estimate of drug-likeness (QED) is 0.219. The zero-order chi connectivity index (χ0) is 23.9. The second kappa shape index (κ2) is 11.4. The summed E-state index contributed by atoms with van der Waals surface area (Å²) in [5, 5.41) is 13.1. The predicted molar refractivity (Wildman–Crippen MR) is 144 cm³/mol. The number of unbranched alkanes of at least 4 members (excludes halogenated alkanes) is 2. The van der Waals surface area contributed by atoms with Gasteiger partial charge in [-0.2, -0.15) is 15.0 Å². The van der Waals surface area contributed by atoms with E-state index in [1.807, 2.05) is 23.0 Å². The van der Waals surface area contributed by atoms with Crippen LogP contribution in [-0.2, 0) is 6.42 Å². The number of hydrogen-bond donors (Lipinski definition) is 0. The second-order valence-corrected chi connectivity index (χ2v) is 10.2. The highest BCUT2D eigenvalue weighted by molar-refractivity contribution is 7.09. The summed E-state index contributed by atoms with van der Waals surface area (Å²) in [6, 6.07) is 19.1. The summed E-state index contributed by atoms with van der Waals surface area (Å²) in [6.07, 6.45) is 8.99. The Morgan fingerprint density at radius 1 is 0.882 bits per heavy atom. The van der Waals surface area contributed by atoms with Gasteiger partial charge in [0.1, 0.15) is 11.4 Å². The molecule has 0 unspecified atom stereocenters. The fourth-order valence-electron chi connectivity index (χ4n) is 3.82. The van der Waals surface area contributed by atoms with E-state index in [2.05, 4.69) is 81.6 Å². The molecule has 34 heavy (non-hydrogen) atoms. The normalized spacial score (nSPS) is 11.8. The van der Waals surface area contributed by atoms with Gasteiger partial charge in [0, 0.05) is 22.4 Å². The zero-order valence-corrected chi connectivity index (χ0v) is 21.4. The van der Waals surface area contributed by atoms with Gasteiger partial charge in [-0.15, -0.1) is 11.3 Å². The lowest BCUT2D eigenvalue weighted by Crippen LogP contribution is -2.04. The van der Waals surface area contributed by atoms with Gasteiger partial charge in [-0.05, 0) is 51.2 Å². The number of aromatic nitrogens is 4. The molecule has 0 aliphatic rings. The molecule has 0 bridgehead atoms. The van der Waals surface area contributed by atoms with Gasteiger partial charge < -0.3 is 0 Å². The van der Waals surface area contributed by atoms with E-state index in [0.29, 0.717) is 5.92 Å². The van der Waals surface area contributed by atoms with Crippen molar-refractivity contribution in [3.63, 3.8) is 0 Å². The molecule has 4 nitrogen and oxygen atoms in total. The van der Waals surface area contributed by atoms with E-state index in [1.165, 1.54) is 29.1 Å². The standard InChI is InChI=1S/C29H34N4S/c1-21(2)29-30-26(20-34-29)18-11-6-5-8-13-23-14-12-17-25(19-23)28-27(24-15-9-7-10-16-24)31-33(32-28)22(3)4/h7-10,12-17,19-22H,5-6,11,18H2,1-4H3. The number of nitrogens with zero attached hydrogens (tertiary/aromatic N) is 4. The number of allylic oxidation sites excluding steroid dienone is 1.